The van der Waals surface area contributed by atoms with Crippen LogP contribution in [0.3, 0.4) is 0 Å². The Bertz CT molecular complexity index is 202. The van der Waals surface area contributed by atoms with Gasteiger partial charge in [0.05, 0.1) is 5.60 Å². The Balaban J connectivity index is 3.97. The first-order valence-corrected chi connectivity index (χ1v) is 6.24. The fourth-order valence-corrected chi connectivity index (χ4v) is 2.47. The number of methoxy groups -OCH3 is 1. The molecule has 0 saturated heterocycles. The molecule has 0 aliphatic heterocycles. The number of hydrogen-bond donors (Lipinski definition) is 1. The molecule has 1 N–H and O–H groups in total. The third-order valence-corrected chi connectivity index (χ3v) is 3.95. The Hall–Kier alpha value is -0.220. The molecule has 0 saturated carbocycles. The lowest BCUT2D eigenvalue weighted by Crippen LogP contribution is -2.26. The highest BCUT2D eigenvalue weighted by molar-refractivity contribution is 8.00. The molecule has 0 aliphatic rings. The SMILES string of the molecule is COC(C)(C)CCSC(C(=O)O)C(C)C. The molecule has 15 heavy (non-hydrogen) atoms. The van der Waals surface area contributed by atoms with Gasteiger partial charge in [-0.05, 0) is 31.9 Å². The topological polar surface area (TPSA) is 46.5 Å². The second-order valence-electron chi connectivity index (χ2n) is 4.59. The average molecular weight is 234 g/mol. The van der Waals surface area contributed by atoms with Crippen molar-refractivity contribution in [1.82, 2.24) is 0 Å². The van der Waals surface area contributed by atoms with E-state index in [1.54, 1.807) is 7.11 Å². The summed E-state index contributed by atoms with van der Waals surface area (Å²) in [5.41, 5.74) is -0.160. The number of carboxylic acids is 1. The fraction of sp³-hybridized carbons (Fsp3) is 0.909. The van der Waals surface area contributed by atoms with Gasteiger partial charge in [-0.3, -0.25) is 4.79 Å². The lowest BCUT2D eigenvalue weighted by atomic mass is 10.1. The van der Waals surface area contributed by atoms with E-state index in [1.165, 1.54) is 11.8 Å². The molecular formula is C11H22O3S. The van der Waals surface area contributed by atoms with Gasteiger partial charge in [-0.2, -0.15) is 0 Å². The first-order valence-electron chi connectivity index (χ1n) is 5.19. The van der Waals surface area contributed by atoms with E-state index >= 15 is 0 Å². The standard InChI is InChI=1S/C11H22O3S/c1-8(2)9(10(12)13)15-7-6-11(3,4)14-5/h8-9H,6-7H2,1-5H3,(H,12,13). The highest BCUT2D eigenvalue weighted by Gasteiger charge is 2.23. The summed E-state index contributed by atoms with van der Waals surface area (Å²) >= 11 is 1.50. The first-order chi connectivity index (χ1) is 6.80. The zero-order valence-electron chi connectivity index (χ0n) is 10.2. The monoisotopic (exact) mass is 234 g/mol. The van der Waals surface area contributed by atoms with Crippen LogP contribution in [0.1, 0.15) is 34.1 Å². The van der Waals surface area contributed by atoms with Gasteiger partial charge in [-0.15, -0.1) is 11.8 Å². The minimum Gasteiger partial charge on any atom is -0.480 e. The molecule has 0 amide bonds. The molecule has 0 aliphatic carbocycles. The van der Waals surface area contributed by atoms with E-state index in [1.807, 2.05) is 27.7 Å². The summed E-state index contributed by atoms with van der Waals surface area (Å²) in [6.45, 7) is 7.90. The highest BCUT2D eigenvalue weighted by Crippen LogP contribution is 2.24. The fourth-order valence-electron chi connectivity index (χ4n) is 1.08. The van der Waals surface area contributed by atoms with Crippen LogP contribution in [0.25, 0.3) is 0 Å². The predicted molar refractivity (Wildman–Crippen MR) is 64.4 cm³/mol. The smallest absolute Gasteiger partial charge is 0.316 e. The molecule has 0 rings (SSSR count). The van der Waals surface area contributed by atoms with Gasteiger partial charge in [-0.25, -0.2) is 0 Å². The van der Waals surface area contributed by atoms with Crippen LogP contribution in [0.4, 0.5) is 0 Å². The zero-order valence-corrected chi connectivity index (χ0v) is 11.1. The quantitative estimate of drug-likeness (QED) is 0.735. The van der Waals surface area contributed by atoms with Crippen molar-refractivity contribution in [3.05, 3.63) is 0 Å². The minimum atomic E-state index is -0.717. The molecule has 0 aromatic carbocycles. The van der Waals surface area contributed by atoms with Crippen LogP contribution in [-0.4, -0.2) is 34.8 Å². The van der Waals surface area contributed by atoms with E-state index in [0.29, 0.717) is 0 Å². The van der Waals surface area contributed by atoms with E-state index < -0.39 is 5.97 Å². The molecule has 1 unspecified atom stereocenters. The van der Waals surface area contributed by atoms with Crippen LogP contribution < -0.4 is 0 Å². The van der Waals surface area contributed by atoms with Gasteiger partial charge in [0, 0.05) is 7.11 Å². The van der Waals surface area contributed by atoms with E-state index in [0.717, 1.165) is 12.2 Å². The van der Waals surface area contributed by atoms with Gasteiger partial charge in [0.1, 0.15) is 5.25 Å². The first kappa shape index (κ1) is 14.8. The molecule has 0 fully saturated rings. The van der Waals surface area contributed by atoms with Gasteiger partial charge < -0.3 is 9.84 Å². The number of hydrogen-bond acceptors (Lipinski definition) is 3. The third-order valence-electron chi connectivity index (χ3n) is 2.40. The molecule has 0 aromatic heterocycles. The van der Waals surface area contributed by atoms with Gasteiger partial charge in [0.2, 0.25) is 0 Å². The molecule has 4 heteroatoms. The Morgan fingerprint density at radius 1 is 1.47 bits per heavy atom. The van der Waals surface area contributed by atoms with Crippen molar-refractivity contribution in [3.8, 4) is 0 Å². The molecule has 90 valence electrons. The van der Waals surface area contributed by atoms with E-state index in [2.05, 4.69) is 0 Å². The number of thioether (sulfide) groups is 1. The summed E-state index contributed by atoms with van der Waals surface area (Å²) in [4.78, 5) is 10.9. The molecular weight excluding hydrogens is 212 g/mol. The minimum absolute atomic E-state index is 0.160. The zero-order chi connectivity index (χ0) is 12.1. The van der Waals surface area contributed by atoms with Crippen molar-refractivity contribution >= 4 is 17.7 Å². The van der Waals surface area contributed by atoms with Gasteiger partial charge in [0.15, 0.2) is 0 Å². The number of carboxylic acid groups (broad SMARTS) is 1. The molecule has 1 atom stereocenters. The maximum absolute atomic E-state index is 10.9. The van der Waals surface area contributed by atoms with Crippen molar-refractivity contribution in [1.29, 1.82) is 0 Å². The van der Waals surface area contributed by atoms with Gasteiger partial charge in [-0.1, -0.05) is 13.8 Å². The molecule has 0 bridgehead atoms. The number of aliphatic carboxylic acids is 1. The maximum Gasteiger partial charge on any atom is 0.316 e. The van der Waals surface area contributed by atoms with Crippen molar-refractivity contribution in [2.75, 3.05) is 12.9 Å². The lowest BCUT2D eigenvalue weighted by Gasteiger charge is -2.24. The van der Waals surface area contributed by atoms with Crippen LogP contribution in [0.15, 0.2) is 0 Å². The maximum atomic E-state index is 10.9. The third kappa shape index (κ3) is 6.05. The second-order valence-corrected chi connectivity index (χ2v) is 5.84. The molecule has 3 nitrogen and oxygen atoms in total. The van der Waals surface area contributed by atoms with Crippen molar-refractivity contribution in [3.63, 3.8) is 0 Å². The van der Waals surface area contributed by atoms with E-state index in [9.17, 15) is 4.79 Å². The van der Waals surface area contributed by atoms with Crippen molar-refractivity contribution in [2.24, 2.45) is 5.92 Å². The van der Waals surface area contributed by atoms with Crippen LogP contribution in [0.2, 0.25) is 0 Å². The van der Waals surface area contributed by atoms with Crippen LogP contribution in [0.5, 0.6) is 0 Å². The summed E-state index contributed by atoms with van der Waals surface area (Å²) in [7, 11) is 1.68. The van der Waals surface area contributed by atoms with Crippen molar-refractivity contribution < 1.29 is 14.6 Å². The predicted octanol–water partition coefficient (Wildman–Crippen LogP) is 2.64. The summed E-state index contributed by atoms with van der Waals surface area (Å²) in [5.74, 6) is 0.263. The molecule has 0 aromatic rings. The average Bonchev–Trinajstić information content (AvgIpc) is 2.11. The Morgan fingerprint density at radius 2 is 2.00 bits per heavy atom. The van der Waals surface area contributed by atoms with E-state index in [-0.39, 0.29) is 16.8 Å². The lowest BCUT2D eigenvalue weighted by molar-refractivity contribution is -0.137. The number of rotatable bonds is 7. The summed E-state index contributed by atoms with van der Waals surface area (Å²) in [5, 5.41) is 8.67. The van der Waals surface area contributed by atoms with Crippen molar-refractivity contribution in [2.45, 2.75) is 45.0 Å². The summed E-state index contributed by atoms with van der Waals surface area (Å²) in [6.07, 6.45) is 0.866. The Kier molecular flexibility index (Phi) is 6.29. The Labute approximate surface area is 96.6 Å². The Morgan fingerprint density at radius 3 is 2.33 bits per heavy atom. The van der Waals surface area contributed by atoms with Crippen LogP contribution in [-0.2, 0) is 9.53 Å². The van der Waals surface area contributed by atoms with Gasteiger partial charge in [0.25, 0.3) is 0 Å². The molecule has 0 spiro atoms. The van der Waals surface area contributed by atoms with Crippen LogP contribution >= 0.6 is 11.8 Å². The van der Waals surface area contributed by atoms with E-state index in [4.69, 9.17) is 9.84 Å². The molecule has 0 radical (unpaired) electrons. The number of ether oxygens (including phenoxy) is 1. The second kappa shape index (κ2) is 6.38. The molecule has 0 heterocycles. The van der Waals surface area contributed by atoms with Gasteiger partial charge >= 0.3 is 5.97 Å². The largest absolute Gasteiger partial charge is 0.480 e. The summed E-state index contributed by atoms with van der Waals surface area (Å²) in [6, 6.07) is 0. The number of carbonyl (C=O) groups is 1. The highest BCUT2D eigenvalue weighted by atomic mass is 32.2. The van der Waals surface area contributed by atoms with Crippen LogP contribution in [0, 0.1) is 5.92 Å². The summed E-state index contributed by atoms with van der Waals surface area (Å²) < 4.78 is 5.28. The normalized spacial score (nSPS) is 14.3.